The van der Waals surface area contributed by atoms with Gasteiger partial charge < -0.3 is 5.32 Å². The highest BCUT2D eigenvalue weighted by atomic mass is 32.1. The van der Waals surface area contributed by atoms with Crippen LogP contribution in [0.1, 0.15) is 11.3 Å². The van der Waals surface area contributed by atoms with Gasteiger partial charge in [-0.15, -0.1) is 5.10 Å². The fourth-order valence-corrected chi connectivity index (χ4v) is 1.63. The van der Waals surface area contributed by atoms with Crippen molar-refractivity contribution in [1.29, 1.82) is 5.26 Å². The molecular weight excluding hydrogens is 208 g/mol. The van der Waals surface area contributed by atoms with Crippen molar-refractivity contribution in [2.24, 2.45) is 0 Å². The van der Waals surface area contributed by atoms with Crippen LogP contribution in [0, 0.1) is 11.3 Å². The predicted octanol–water partition coefficient (Wildman–Crippen LogP) is 2.02. The first-order valence-electron chi connectivity index (χ1n) is 4.39. The molecule has 0 saturated carbocycles. The molecule has 74 valence electrons. The Balaban J connectivity index is 2.08. The largest absolute Gasteiger partial charge is 0.378 e. The topological polar surface area (TPSA) is 61.6 Å². The fraction of sp³-hybridized carbons (Fsp3) is 0.100. The molecule has 0 radical (unpaired) electrons. The third-order valence-corrected chi connectivity index (χ3v) is 2.47. The molecule has 0 aliphatic heterocycles. The first-order chi connectivity index (χ1) is 7.40. The lowest BCUT2D eigenvalue weighted by atomic mass is 10.2. The molecule has 1 N–H and O–H groups in total. The van der Waals surface area contributed by atoms with Crippen LogP contribution in [-0.2, 0) is 6.54 Å². The van der Waals surface area contributed by atoms with Gasteiger partial charge in [-0.05, 0) is 23.7 Å². The van der Waals surface area contributed by atoms with E-state index in [9.17, 15) is 0 Å². The molecule has 0 aliphatic rings. The maximum atomic E-state index is 8.86. The molecule has 0 atom stereocenters. The molecule has 2 aromatic rings. The van der Waals surface area contributed by atoms with Gasteiger partial charge in [0.25, 0.3) is 0 Å². The summed E-state index contributed by atoms with van der Waals surface area (Å²) < 4.78 is 3.76. The molecule has 0 fully saturated rings. The summed E-state index contributed by atoms with van der Waals surface area (Å²) in [5.74, 6) is 0. The summed E-state index contributed by atoms with van der Waals surface area (Å²) in [6, 6.07) is 9.52. The lowest BCUT2D eigenvalue weighted by Crippen LogP contribution is -2.01. The number of benzene rings is 1. The maximum Gasteiger partial charge on any atom is 0.101 e. The Morgan fingerprint density at radius 2 is 2.27 bits per heavy atom. The normalized spacial score (nSPS) is 9.53. The molecule has 0 unspecified atom stereocenters. The molecule has 2 rings (SSSR count). The van der Waals surface area contributed by atoms with Crippen molar-refractivity contribution in [2.75, 3.05) is 5.32 Å². The predicted molar refractivity (Wildman–Crippen MR) is 58.4 cm³/mol. The highest BCUT2D eigenvalue weighted by Gasteiger charge is 2.00. The van der Waals surface area contributed by atoms with Crippen LogP contribution < -0.4 is 5.32 Å². The van der Waals surface area contributed by atoms with Gasteiger partial charge in [-0.3, -0.25) is 0 Å². The van der Waals surface area contributed by atoms with E-state index < -0.39 is 0 Å². The summed E-state index contributed by atoms with van der Waals surface area (Å²) in [6.45, 7) is 0.592. The lowest BCUT2D eigenvalue weighted by Gasteiger charge is -2.05. The quantitative estimate of drug-likeness (QED) is 0.852. The standard InChI is InChI=1S/C10H8N4S/c11-5-8-3-1-2-4-10(8)12-6-9-7-15-14-13-9/h1-4,7,12H,6H2. The highest BCUT2D eigenvalue weighted by Crippen LogP contribution is 2.14. The number of hydrogen-bond donors (Lipinski definition) is 1. The van der Waals surface area contributed by atoms with Gasteiger partial charge in [0.2, 0.25) is 0 Å². The molecule has 1 aromatic carbocycles. The van der Waals surface area contributed by atoms with Gasteiger partial charge >= 0.3 is 0 Å². The second-order valence-electron chi connectivity index (χ2n) is 2.91. The van der Waals surface area contributed by atoms with E-state index in [-0.39, 0.29) is 0 Å². The number of rotatable bonds is 3. The average Bonchev–Trinajstić information content (AvgIpc) is 2.79. The third kappa shape index (κ3) is 2.30. The summed E-state index contributed by atoms with van der Waals surface area (Å²) in [5, 5.41) is 17.8. The van der Waals surface area contributed by atoms with Gasteiger partial charge in [0, 0.05) is 5.38 Å². The van der Waals surface area contributed by atoms with Crippen molar-refractivity contribution in [3.8, 4) is 6.07 Å². The van der Waals surface area contributed by atoms with Crippen molar-refractivity contribution in [3.05, 3.63) is 40.9 Å². The Hall–Kier alpha value is -1.93. The minimum absolute atomic E-state index is 0.592. The summed E-state index contributed by atoms with van der Waals surface area (Å²) in [5.41, 5.74) is 2.35. The van der Waals surface area contributed by atoms with Crippen LogP contribution >= 0.6 is 11.5 Å². The van der Waals surface area contributed by atoms with Gasteiger partial charge in [0.1, 0.15) is 6.07 Å². The molecular formula is C10H8N4S. The minimum atomic E-state index is 0.592. The Labute approximate surface area is 91.4 Å². The van der Waals surface area contributed by atoms with Crippen LogP contribution in [0.3, 0.4) is 0 Å². The zero-order valence-corrected chi connectivity index (χ0v) is 8.66. The van der Waals surface area contributed by atoms with Gasteiger partial charge in [0.15, 0.2) is 0 Å². The van der Waals surface area contributed by atoms with Crippen molar-refractivity contribution < 1.29 is 0 Å². The lowest BCUT2D eigenvalue weighted by molar-refractivity contribution is 0.998. The number of nitriles is 1. The van der Waals surface area contributed by atoms with Crippen LogP contribution in [0.25, 0.3) is 0 Å². The smallest absolute Gasteiger partial charge is 0.101 e. The molecule has 15 heavy (non-hydrogen) atoms. The van der Waals surface area contributed by atoms with Crippen LogP contribution in [0.4, 0.5) is 5.69 Å². The van der Waals surface area contributed by atoms with E-state index in [0.717, 1.165) is 11.4 Å². The van der Waals surface area contributed by atoms with Crippen LogP contribution in [-0.4, -0.2) is 9.59 Å². The molecule has 0 aliphatic carbocycles. The van der Waals surface area contributed by atoms with Gasteiger partial charge in [-0.25, -0.2) is 0 Å². The van der Waals surface area contributed by atoms with Crippen molar-refractivity contribution in [1.82, 2.24) is 9.59 Å². The molecule has 4 nitrogen and oxygen atoms in total. The summed E-state index contributed by atoms with van der Waals surface area (Å²) >= 11 is 1.32. The molecule has 1 heterocycles. The maximum absolute atomic E-state index is 8.86. The SMILES string of the molecule is N#Cc1ccccc1NCc1csnn1. The molecule has 0 amide bonds. The van der Waals surface area contributed by atoms with E-state index in [2.05, 4.69) is 21.0 Å². The van der Waals surface area contributed by atoms with E-state index in [1.54, 1.807) is 6.07 Å². The molecule has 0 spiro atoms. The first-order valence-corrected chi connectivity index (χ1v) is 5.23. The van der Waals surface area contributed by atoms with Crippen LogP contribution in [0.5, 0.6) is 0 Å². The van der Waals surface area contributed by atoms with E-state index >= 15 is 0 Å². The monoisotopic (exact) mass is 216 g/mol. The Bertz CT molecular complexity index is 472. The van der Waals surface area contributed by atoms with Crippen molar-refractivity contribution in [2.45, 2.75) is 6.54 Å². The highest BCUT2D eigenvalue weighted by molar-refractivity contribution is 7.03. The summed E-state index contributed by atoms with van der Waals surface area (Å²) in [7, 11) is 0. The van der Waals surface area contributed by atoms with E-state index in [1.807, 2.05) is 23.6 Å². The zero-order chi connectivity index (χ0) is 10.5. The second kappa shape index (κ2) is 4.53. The molecule has 0 saturated heterocycles. The van der Waals surface area contributed by atoms with Crippen molar-refractivity contribution >= 4 is 17.2 Å². The van der Waals surface area contributed by atoms with E-state index in [4.69, 9.17) is 5.26 Å². The van der Waals surface area contributed by atoms with E-state index in [0.29, 0.717) is 12.1 Å². The van der Waals surface area contributed by atoms with Gasteiger partial charge in [0.05, 0.1) is 23.5 Å². The molecule has 0 bridgehead atoms. The zero-order valence-electron chi connectivity index (χ0n) is 7.84. The number of nitrogens with one attached hydrogen (secondary N) is 1. The van der Waals surface area contributed by atoms with E-state index in [1.165, 1.54) is 11.5 Å². The summed E-state index contributed by atoms with van der Waals surface area (Å²) in [6.07, 6.45) is 0. The number of para-hydroxylation sites is 1. The van der Waals surface area contributed by atoms with Crippen molar-refractivity contribution in [3.63, 3.8) is 0 Å². The number of hydrogen-bond acceptors (Lipinski definition) is 5. The molecule has 5 heteroatoms. The Kier molecular flexibility index (Phi) is 2.90. The summed E-state index contributed by atoms with van der Waals surface area (Å²) in [4.78, 5) is 0. The average molecular weight is 216 g/mol. The van der Waals surface area contributed by atoms with Crippen LogP contribution in [0.15, 0.2) is 29.6 Å². The Morgan fingerprint density at radius 1 is 1.40 bits per heavy atom. The molecule has 1 aromatic heterocycles. The van der Waals surface area contributed by atoms with Gasteiger partial charge in [-0.2, -0.15) is 5.26 Å². The first kappa shape index (κ1) is 9.62. The number of nitrogens with zero attached hydrogens (tertiary/aromatic N) is 3. The minimum Gasteiger partial charge on any atom is -0.378 e. The van der Waals surface area contributed by atoms with Crippen LogP contribution in [0.2, 0.25) is 0 Å². The number of aromatic nitrogens is 2. The Morgan fingerprint density at radius 3 is 3.00 bits per heavy atom. The second-order valence-corrected chi connectivity index (χ2v) is 3.52. The third-order valence-electron chi connectivity index (χ3n) is 1.91. The fourth-order valence-electron chi connectivity index (χ4n) is 1.18. The number of anilines is 1. The van der Waals surface area contributed by atoms with Gasteiger partial charge in [-0.1, -0.05) is 16.6 Å².